The van der Waals surface area contributed by atoms with Gasteiger partial charge in [0.05, 0.1) is 10.0 Å². The Morgan fingerprint density at radius 2 is 1.81 bits per heavy atom. The van der Waals surface area contributed by atoms with Crippen molar-refractivity contribution in [3.05, 3.63) is 22.2 Å². The topological polar surface area (TPSA) is 29.5 Å². The number of phenols is 1. The molecule has 1 aromatic carbocycles. The Hall–Kier alpha value is -1.05. The smallest absolute Gasteiger partial charge is 0.416 e. The summed E-state index contributed by atoms with van der Waals surface area (Å²) in [5.74, 6) is -1.75. The molecule has 0 saturated heterocycles. The Kier molecular flexibility index (Phi) is 3.61. The molecule has 0 radical (unpaired) electrons. The van der Waals surface area contributed by atoms with Gasteiger partial charge < -0.3 is 9.84 Å². The second kappa shape index (κ2) is 4.44. The number of phenolic OH excluding ortho intramolecular Hbond substituents is 1. The average Bonchev–Trinajstić information content (AvgIpc) is 2.09. The molecule has 0 aliphatic heterocycles. The molecule has 0 aliphatic rings. The number of rotatable bonds is 2. The number of benzene rings is 1. The molecule has 1 N–H and O–H groups in total. The fourth-order valence-corrected chi connectivity index (χ4v) is 1.49. The third-order valence-corrected chi connectivity index (χ3v) is 2.15. The maximum Gasteiger partial charge on any atom is 0.416 e. The lowest BCUT2D eigenvalue weighted by Crippen LogP contribution is -2.07. The summed E-state index contributed by atoms with van der Waals surface area (Å²) in [6.45, 7) is -3.24. The van der Waals surface area contributed by atoms with Crippen molar-refractivity contribution in [3.8, 4) is 11.5 Å². The molecule has 0 aliphatic carbocycles. The van der Waals surface area contributed by atoms with Crippen molar-refractivity contribution in [3.63, 3.8) is 0 Å². The first-order valence-electron chi connectivity index (χ1n) is 3.76. The van der Waals surface area contributed by atoms with Crippen molar-refractivity contribution in [1.82, 2.24) is 0 Å². The first kappa shape index (κ1) is 13.0. The third-order valence-electron chi connectivity index (χ3n) is 1.56. The van der Waals surface area contributed by atoms with E-state index in [0.717, 1.165) is 0 Å². The molecular formula is C8H4BrF5O2. The predicted octanol–water partition coefficient (Wildman–Crippen LogP) is 3.77. The zero-order valence-corrected chi connectivity index (χ0v) is 8.94. The molecular weight excluding hydrogens is 303 g/mol. The van der Waals surface area contributed by atoms with E-state index in [0.29, 0.717) is 12.1 Å². The number of aromatic hydroxyl groups is 1. The van der Waals surface area contributed by atoms with E-state index >= 15 is 0 Å². The molecule has 8 heteroatoms. The molecule has 0 unspecified atom stereocenters. The molecule has 0 atom stereocenters. The minimum atomic E-state index is -4.68. The molecule has 90 valence electrons. The van der Waals surface area contributed by atoms with E-state index < -0.39 is 34.3 Å². The lowest BCUT2D eigenvalue weighted by molar-refractivity contribution is -0.137. The second-order valence-corrected chi connectivity index (χ2v) is 3.54. The fourth-order valence-electron chi connectivity index (χ4n) is 0.948. The first-order chi connectivity index (χ1) is 7.21. The standard InChI is InChI=1S/C8H4BrF5O2/c9-4-1-3(8(12,13)14)2-5(15)6(4)16-7(10)11/h1-2,7,15H. The molecule has 0 amide bonds. The highest BCUT2D eigenvalue weighted by molar-refractivity contribution is 9.10. The zero-order valence-electron chi connectivity index (χ0n) is 7.36. The van der Waals surface area contributed by atoms with Gasteiger partial charge in [-0.3, -0.25) is 0 Å². The maximum absolute atomic E-state index is 12.2. The van der Waals surface area contributed by atoms with Crippen molar-refractivity contribution in [2.75, 3.05) is 0 Å². The largest absolute Gasteiger partial charge is 0.504 e. The van der Waals surface area contributed by atoms with E-state index in [1.807, 2.05) is 0 Å². The highest BCUT2D eigenvalue weighted by Crippen LogP contribution is 2.41. The summed E-state index contributed by atoms with van der Waals surface area (Å²) in [6.07, 6.45) is -4.68. The lowest BCUT2D eigenvalue weighted by Gasteiger charge is -2.12. The van der Waals surface area contributed by atoms with Gasteiger partial charge >= 0.3 is 12.8 Å². The minimum absolute atomic E-state index is 0.308. The van der Waals surface area contributed by atoms with Crippen LogP contribution in [0.1, 0.15) is 5.56 Å². The average molecular weight is 307 g/mol. The van der Waals surface area contributed by atoms with Crippen LogP contribution in [0.25, 0.3) is 0 Å². The number of hydrogen-bond acceptors (Lipinski definition) is 2. The zero-order chi connectivity index (χ0) is 12.5. The number of halogens is 6. The van der Waals surface area contributed by atoms with Gasteiger partial charge in [0.1, 0.15) is 0 Å². The van der Waals surface area contributed by atoms with Crippen LogP contribution in [0.2, 0.25) is 0 Å². The van der Waals surface area contributed by atoms with E-state index in [-0.39, 0.29) is 0 Å². The molecule has 0 aromatic heterocycles. The van der Waals surface area contributed by atoms with Crippen LogP contribution in [0.3, 0.4) is 0 Å². The van der Waals surface area contributed by atoms with Gasteiger partial charge in [-0.25, -0.2) is 0 Å². The summed E-state index contributed by atoms with van der Waals surface area (Å²) in [4.78, 5) is 0. The molecule has 0 bridgehead atoms. The second-order valence-electron chi connectivity index (χ2n) is 2.68. The van der Waals surface area contributed by atoms with Crippen LogP contribution in [0.5, 0.6) is 11.5 Å². The summed E-state index contributed by atoms with van der Waals surface area (Å²) >= 11 is 2.60. The van der Waals surface area contributed by atoms with Crippen molar-refractivity contribution in [1.29, 1.82) is 0 Å². The summed E-state index contributed by atoms with van der Waals surface area (Å²) in [5, 5.41) is 9.10. The Bertz CT molecular complexity index is 368. The van der Waals surface area contributed by atoms with Crippen LogP contribution >= 0.6 is 15.9 Å². The van der Waals surface area contributed by atoms with Crippen LogP contribution in [0.4, 0.5) is 22.0 Å². The molecule has 2 nitrogen and oxygen atoms in total. The van der Waals surface area contributed by atoms with Gasteiger partial charge in [0.15, 0.2) is 11.5 Å². The Morgan fingerprint density at radius 3 is 2.19 bits per heavy atom. The monoisotopic (exact) mass is 306 g/mol. The number of ether oxygens (including phenoxy) is 1. The normalized spacial score (nSPS) is 11.9. The SMILES string of the molecule is Oc1cc(C(F)(F)F)cc(Br)c1OC(F)F. The quantitative estimate of drug-likeness (QED) is 0.843. The summed E-state index contributed by atoms with van der Waals surface area (Å²) in [6, 6.07) is 0.847. The fraction of sp³-hybridized carbons (Fsp3) is 0.250. The molecule has 0 fully saturated rings. The van der Waals surface area contributed by atoms with Crippen LogP contribution < -0.4 is 4.74 Å². The summed E-state index contributed by atoms with van der Waals surface area (Å²) < 4.78 is 63.8. The summed E-state index contributed by atoms with van der Waals surface area (Å²) in [5.41, 5.74) is -1.17. The van der Waals surface area contributed by atoms with Gasteiger partial charge in [-0.1, -0.05) is 0 Å². The molecule has 0 saturated carbocycles. The molecule has 16 heavy (non-hydrogen) atoms. The van der Waals surface area contributed by atoms with Crippen molar-refractivity contribution in [2.45, 2.75) is 12.8 Å². The van der Waals surface area contributed by atoms with Crippen molar-refractivity contribution >= 4 is 15.9 Å². The van der Waals surface area contributed by atoms with Crippen molar-refractivity contribution in [2.24, 2.45) is 0 Å². The Labute approximate surface area is 94.8 Å². The van der Waals surface area contributed by atoms with Gasteiger partial charge in [0.25, 0.3) is 0 Å². The predicted molar refractivity (Wildman–Crippen MR) is 47.4 cm³/mol. The molecule has 0 heterocycles. The molecule has 0 spiro atoms. The van der Waals surface area contributed by atoms with Gasteiger partial charge in [0, 0.05) is 0 Å². The highest BCUT2D eigenvalue weighted by atomic mass is 79.9. The van der Waals surface area contributed by atoms with Crippen LogP contribution in [-0.2, 0) is 6.18 Å². The maximum atomic E-state index is 12.2. The van der Waals surface area contributed by atoms with Gasteiger partial charge in [-0.05, 0) is 28.1 Å². The minimum Gasteiger partial charge on any atom is -0.504 e. The van der Waals surface area contributed by atoms with E-state index in [2.05, 4.69) is 20.7 Å². The van der Waals surface area contributed by atoms with E-state index in [1.165, 1.54) is 0 Å². The summed E-state index contributed by atoms with van der Waals surface area (Å²) in [7, 11) is 0. The Balaban J connectivity index is 3.18. The third kappa shape index (κ3) is 2.97. The molecule has 1 aromatic rings. The van der Waals surface area contributed by atoms with Gasteiger partial charge in [-0.15, -0.1) is 0 Å². The van der Waals surface area contributed by atoms with Crippen molar-refractivity contribution < 1.29 is 31.8 Å². The van der Waals surface area contributed by atoms with Crippen LogP contribution in [-0.4, -0.2) is 11.7 Å². The number of alkyl halides is 5. The van der Waals surface area contributed by atoms with E-state index in [9.17, 15) is 22.0 Å². The van der Waals surface area contributed by atoms with Crippen LogP contribution in [0, 0.1) is 0 Å². The number of hydrogen-bond donors (Lipinski definition) is 1. The van der Waals surface area contributed by atoms with E-state index in [1.54, 1.807) is 0 Å². The molecule has 1 rings (SSSR count). The highest BCUT2D eigenvalue weighted by Gasteiger charge is 2.32. The van der Waals surface area contributed by atoms with Gasteiger partial charge in [-0.2, -0.15) is 22.0 Å². The van der Waals surface area contributed by atoms with E-state index in [4.69, 9.17) is 5.11 Å². The first-order valence-corrected chi connectivity index (χ1v) is 4.55. The Morgan fingerprint density at radius 1 is 1.25 bits per heavy atom. The van der Waals surface area contributed by atoms with Crippen LogP contribution in [0.15, 0.2) is 16.6 Å². The lowest BCUT2D eigenvalue weighted by atomic mass is 10.2. The van der Waals surface area contributed by atoms with Gasteiger partial charge in [0.2, 0.25) is 0 Å².